The maximum atomic E-state index is 12.7. The lowest BCUT2D eigenvalue weighted by molar-refractivity contribution is -0.137. The third-order valence-corrected chi connectivity index (χ3v) is 5.54. The summed E-state index contributed by atoms with van der Waals surface area (Å²) in [6.45, 7) is 6.80. The second-order valence-electron chi connectivity index (χ2n) is 6.49. The molecule has 0 spiro atoms. The van der Waals surface area contributed by atoms with Gasteiger partial charge in [0, 0.05) is 25.7 Å². The Hall–Kier alpha value is -1.90. The van der Waals surface area contributed by atoms with Crippen LogP contribution in [0.4, 0.5) is 18.0 Å². The number of carbonyl (C=O) groups is 2. The van der Waals surface area contributed by atoms with Gasteiger partial charge in [-0.3, -0.25) is 4.79 Å². The SMILES string of the molecule is CCNC(=O)N(CCN1C(=O)CSC1c1ccc(C(F)(F)F)cc1)C(C)C. The van der Waals surface area contributed by atoms with Crippen LogP contribution < -0.4 is 5.32 Å². The minimum absolute atomic E-state index is 0.0357. The van der Waals surface area contributed by atoms with E-state index in [4.69, 9.17) is 0 Å². The van der Waals surface area contributed by atoms with Gasteiger partial charge in [0.2, 0.25) is 5.91 Å². The number of halogens is 3. The number of thioether (sulfide) groups is 1. The van der Waals surface area contributed by atoms with Crippen molar-refractivity contribution in [3.05, 3.63) is 35.4 Å². The molecular formula is C18H24F3N3O2S. The first-order chi connectivity index (χ1) is 12.6. The van der Waals surface area contributed by atoms with Gasteiger partial charge in [-0.15, -0.1) is 11.8 Å². The van der Waals surface area contributed by atoms with Gasteiger partial charge in [0.15, 0.2) is 0 Å². The van der Waals surface area contributed by atoms with Crippen molar-refractivity contribution < 1.29 is 22.8 Å². The zero-order chi connectivity index (χ0) is 20.2. The van der Waals surface area contributed by atoms with E-state index in [0.717, 1.165) is 12.1 Å². The third kappa shape index (κ3) is 5.31. The van der Waals surface area contributed by atoms with E-state index in [1.807, 2.05) is 20.8 Å². The predicted molar refractivity (Wildman–Crippen MR) is 99.3 cm³/mol. The highest BCUT2D eigenvalue weighted by Crippen LogP contribution is 2.39. The highest BCUT2D eigenvalue weighted by Gasteiger charge is 2.35. The highest BCUT2D eigenvalue weighted by molar-refractivity contribution is 8.00. The Morgan fingerprint density at radius 1 is 1.33 bits per heavy atom. The van der Waals surface area contributed by atoms with Crippen LogP contribution in [0, 0.1) is 0 Å². The molecule has 1 fully saturated rings. The number of rotatable bonds is 6. The summed E-state index contributed by atoms with van der Waals surface area (Å²) < 4.78 is 38.2. The summed E-state index contributed by atoms with van der Waals surface area (Å²) in [6, 6.07) is 4.66. The van der Waals surface area contributed by atoms with Gasteiger partial charge in [0.1, 0.15) is 5.37 Å². The standard InChI is InChI=1S/C18H24F3N3O2S/c1-4-22-17(26)23(12(2)3)9-10-24-15(25)11-27-16(24)13-5-7-14(8-6-13)18(19,20)21/h5-8,12,16H,4,9-11H2,1-3H3,(H,22,26). The quantitative estimate of drug-likeness (QED) is 0.788. The van der Waals surface area contributed by atoms with E-state index in [2.05, 4.69) is 5.32 Å². The van der Waals surface area contributed by atoms with E-state index in [1.165, 1.54) is 23.9 Å². The molecule has 3 amide bonds. The van der Waals surface area contributed by atoms with Crippen LogP contribution in [-0.4, -0.2) is 53.2 Å². The Morgan fingerprint density at radius 3 is 2.48 bits per heavy atom. The molecule has 5 nitrogen and oxygen atoms in total. The molecule has 27 heavy (non-hydrogen) atoms. The molecule has 1 unspecified atom stereocenters. The fourth-order valence-electron chi connectivity index (χ4n) is 2.87. The normalized spacial score (nSPS) is 17.5. The minimum Gasteiger partial charge on any atom is -0.338 e. The molecule has 9 heteroatoms. The number of benzene rings is 1. The number of hydrogen-bond donors (Lipinski definition) is 1. The number of nitrogens with one attached hydrogen (secondary N) is 1. The van der Waals surface area contributed by atoms with Gasteiger partial charge in [-0.05, 0) is 38.5 Å². The Bertz CT molecular complexity index is 665. The summed E-state index contributed by atoms with van der Waals surface area (Å²) in [5.41, 5.74) is -0.0673. The van der Waals surface area contributed by atoms with E-state index < -0.39 is 11.7 Å². The van der Waals surface area contributed by atoms with E-state index in [9.17, 15) is 22.8 Å². The van der Waals surface area contributed by atoms with Crippen LogP contribution in [0.25, 0.3) is 0 Å². The first kappa shape index (κ1) is 21.4. The average molecular weight is 403 g/mol. The molecule has 0 aliphatic carbocycles. The monoisotopic (exact) mass is 403 g/mol. The van der Waals surface area contributed by atoms with Crippen LogP contribution >= 0.6 is 11.8 Å². The molecular weight excluding hydrogens is 379 g/mol. The van der Waals surface area contributed by atoms with E-state index in [1.54, 1.807) is 9.80 Å². The molecule has 0 radical (unpaired) electrons. The van der Waals surface area contributed by atoms with Crippen LogP contribution in [0.15, 0.2) is 24.3 Å². The van der Waals surface area contributed by atoms with Crippen LogP contribution in [0.3, 0.4) is 0 Å². The first-order valence-corrected chi connectivity index (χ1v) is 9.82. The second-order valence-corrected chi connectivity index (χ2v) is 7.56. The number of urea groups is 1. The molecule has 1 aliphatic rings. The molecule has 2 rings (SSSR count). The molecule has 150 valence electrons. The molecule has 1 atom stereocenters. The second kappa shape index (κ2) is 8.86. The molecule has 0 saturated carbocycles. The number of amides is 3. The van der Waals surface area contributed by atoms with Gasteiger partial charge in [0.05, 0.1) is 11.3 Å². The van der Waals surface area contributed by atoms with Gasteiger partial charge < -0.3 is 15.1 Å². The fourth-order valence-corrected chi connectivity index (χ4v) is 4.09. The Balaban J connectivity index is 2.10. The van der Waals surface area contributed by atoms with Crippen LogP contribution in [-0.2, 0) is 11.0 Å². The summed E-state index contributed by atoms with van der Waals surface area (Å²) in [4.78, 5) is 27.7. The zero-order valence-corrected chi connectivity index (χ0v) is 16.4. The van der Waals surface area contributed by atoms with Crippen LogP contribution in [0.2, 0.25) is 0 Å². The van der Waals surface area contributed by atoms with Crippen molar-refractivity contribution in [3.8, 4) is 0 Å². The summed E-state index contributed by atoms with van der Waals surface area (Å²) in [7, 11) is 0. The topological polar surface area (TPSA) is 52.7 Å². The molecule has 1 saturated heterocycles. The molecule has 1 heterocycles. The van der Waals surface area contributed by atoms with Crippen molar-refractivity contribution in [1.29, 1.82) is 0 Å². The maximum Gasteiger partial charge on any atom is 0.416 e. The van der Waals surface area contributed by atoms with Gasteiger partial charge in [-0.2, -0.15) is 13.2 Å². The maximum absolute atomic E-state index is 12.7. The van der Waals surface area contributed by atoms with Crippen molar-refractivity contribution in [2.24, 2.45) is 0 Å². The number of carbonyl (C=O) groups excluding carboxylic acids is 2. The Labute approximate surface area is 161 Å². The predicted octanol–water partition coefficient (Wildman–Crippen LogP) is 3.72. The number of alkyl halides is 3. The summed E-state index contributed by atoms with van der Waals surface area (Å²) in [5, 5.41) is 2.40. The summed E-state index contributed by atoms with van der Waals surface area (Å²) >= 11 is 1.38. The molecule has 1 aromatic carbocycles. The lowest BCUT2D eigenvalue weighted by atomic mass is 10.1. The first-order valence-electron chi connectivity index (χ1n) is 8.77. The van der Waals surface area contributed by atoms with E-state index in [0.29, 0.717) is 25.2 Å². The van der Waals surface area contributed by atoms with Crippen LogP contribution in [0.1, 0.15) is 37.3 Å². The van der Waals surface area contributed by atoms with Gasteiger partial charge >= 0.3 is 12.2 Å². The Morgan fingerprint density at radius 2 is 1.96 bits per heavy atom. The zero-order valence-electron chi connectivity index (χ0n) is 15.5. The molecule has 0 bridgehead atoms. The minimum atomic E-state index is -4.39. The average Bonchev–Trinajstić information content (AvgIpc) is 2.95. The van der Waals surface area contributed by atoms with Crippen molar-refractivity contribution in [2.45, 2.75) is 38.4 Å². The smallest absolute Gasteiger partial charge is 0.338 e. The van der Waals surface area contributed by atoms with Gasteiger partial charge in [-0.1, -0.05) is 12.1 Å². The largest absolute Gasteiger partial charge is 0.416 e. The molecule has 1 N–H and O–H groups in total. The molecule has 1 aromatic rings. The van der Waals surface area contributed by atoms with Crippen LogP contribution in [0.5, 0.6) is 0 Å². The Kier molecular flexibility index (Phi) is 7.02. The number of nitrogens with zero attached hydrogens (tertiary/aromatic N) is 2. The van der Waals surface area contributed by atoms with Crippen molar-refractivity contribution in [1.82, 2.24) is 15.1 Å². The van der Waals surface area contributed by atoms with Crippen molar-refractivity contribution in [3.63, 3.8) is 0 Å². The lowest BCUT2D eigenvalue weighted by Gasteiger charge is -2.31. The molecule has 1 aliphatic heterocycles. The highest BCUT2D eigenvalue weighted by atomic mass is 32.2. The van der Waals surface area contributed by atoms with E-state index >= 15 is 0 Å². The fraction of sp³-hybridized carbons (Fsp3) is 0.556. The lowest BCUT2D eigenvalue weighted by Crippen LogP contribution is -2.47. The third-order valence-electron chi connectivity index (χ3n) is 4.29. The molecule has 0 aromatic heterocycles. The van der Waals surface area contributed by atoms with Gasteiger partial charge in [0.25, 0.3) is 0 Å². The number of hydrogen-bond acceptors (Lipinski definition) is 3. The van der Waals surface area contributed by atoms with Crippen molar-refractivity contribution >= 4 is 23.7 Å². The summed E-state index contributed by atoms with van der Waals surface area (Å²) in [5.74, 6) is 0.193. The van der Waals surface area contributed by atoms with Gasteiger partial charge in [-0.25, -0.2) is 4.79 Å². The summed E-state index contributed by atoms with van der Waals surface area (Å²) in [6.07, 6.45) is -4.39. The van der Waals surface area contributed by atoms with Crippen molar-refractivity contribution in [2.75, 3.05) is 25.4 Å². The van der Waals surface area contributed by atoms with E-state index in [-0.39, 0.29) is 29.1 Å².